The van der Waals surface area contributed by atoms with Crippen LogP contribution in [0.15, 0.2) is 0 Å². The first-order valence-electron chi connectivity index (χ1n) is 7.43. The van der Waals surface area contributed by atoms with Gasteiger partial charge < -0.3 is 9.80 Å². The molecule has 1 unspecified atom stereocenters. The van der Waals surface area contributed by atoms with Crippen LogP contribution in [0.1, 0.15) is 46.0 Å². The Hall–Kier alpha value is -0.900. The van der Waals surface area contributed by atoms with Gasteiger partial charge in [0.1, 0.15) is 0 Å². The van der Waals surface area contributed by atoms with Crippen molar-refractivity contribution < 1.29 is 9.59 Å². The smallest absolute Gasteiger partial charge is 0.223 e. The Morgan fingerprint density at radius 2 is 2.11 bits per heavy atom. The van der Waals surface area contributed by atoms with Crippen LogP contribution in [0.3, 0.4) is 0 Å². The molecule has 0 aromatic heterocycles. The van der Waals surface area contributed by atoms with Crippen LogP contribution in [-0.4, -0.2) is 53.7 Å². The van der Waals surface area contributed by atoms with Crippen LogP contribution in [-0.2, 0) is 9.59 Å². The molecular formula is C15H26N2O2. The van der Waals surface area contributed by atoms with E-state index in [0.29, 0.717) is 18.8 Å². The number of nitrogens with zero attached hydrogens (tertiary/aromatic N) is 2. The Morgan fingerprint density at radius 3 is 2.74 bits per heavy atom. The van der Waals surface area contributed by atoms with Crippen molar-refractivity contribution in [3.63, 3.8) is 0 Å². The fourth-order valence-electron chi connectivity index (χ4n) is 3.29. The van der Waals surface area contributed by atoms with Gasteiger partial charge in [-0.2, -0.15) is 0 Å². The summed E-state index contributed by atoms with van der Waals surface area (Å²) in [7, 11) is 2.13. The van der Waals surface area contributed by atoms with Crippen molar-refractivity contribution in [3.05, 3.63) is 0 Å². The molecule has 0 saturated carbocycles. The van der Waals surface area contributed by atoms with E-state index in [2.05, 4.69) is 11.9 Å². The van der Waals surface area contributed by atoms with E-state index in [0.717, 1.165) is 32.5 Å². The molecule has 0 aromatic rings. The minimum absolute atomic E-state index is 0.160. The van der Waals surface area contributed by atoms with Gasteiger partial charge in [0.2, 0.25) is 5.91 Å². The molecule has 0 bridgehead atoms. The molecule has 2 saturated heterocycles. The summed E-state index contributed by atoms with van der Waals surface area (Å²) in [4.78, 5) is 28.4. The summed E-state index contributed by atoms with van der Waals surface area (Å²) in [5.41, 5.74) is -0.595. The van der Waals surface area contributed by atoms with Crippen molar-refractivity contribution in [3.8, 4) is 0 Å². The maximum absolute atomic E-state index is 12.4. The third-order valence-corrected chi connectivity index (χ3v) is 4.70. The molecular weight excluding hydrogens is 240 g/mol. The lowest BCUT2D eigenvalue weighted by Crippen LogP contribution is -2.56. The number of Topliss-reactive ketones (excluding diaryl/α,β-unsaturated/α-hetero) is 1. The number of rotatable bonds is 3. The van der Waals surface area contributed by atoms with Gasteiger partial charge in [0.05, 0.1) is 5.54 Å². The Labute approximate surface area is 116 Å². The van der Waals surface area contributed by atoms with Crippen molar-refractivity contribution in [2.45, 2.75) is 51.5 Å². The first-order valence-corrected chi connectivity index (χ1v) is 7.43. The van der Waals surface area contributed by atoms with Crippen LogP contribution in [0, 0.1) is 5.92 Å². The highest BCUT2D eigenvalue weighted by molar-refractivity contribution is 5.93. The number of carbonyl (C=O) groups is 2. The highest BCUT2D eigenvalue weighted by Gasteiger charge is 2.39. The number of likely N-dealkylation sites (tertiary alicyclic amines) is 2. The highest BCUT2D eigenvalue weighted by Crippen LogP contribution is 2.26. The largest absolute Gasteiger partial charge is 0.331 e. The minimum atomic E-state index is -0.595. The third-order valence-electron chi connectivity index (χ3n) is 4.70. The van der Waals surface area contributed by atoms with Crippen molar-refractivity contribution in [1.82, 2.24) is 9.80 Å². The summed E-state index contributed by atoms with van der Waals surface area (Å²) in [5.74, 6) is 1.01. The topological polar surface area (TPSA) is 40.6 Å². The minimum Gasteiger partial charge on any atom is -0.331 e. The molecule has 1 atom stereocenters. The van der Waals surface area contributed by atoms with Crippen LogP contribution in [0.2, 0.25) is 0 Å². The predicted molar refractivity (Wildman–Crippen MR) is 74.9 cm³/mol. The number of hydrogen-bond donors (Lipinski definition) is 0. The molecule has 0 spiro atoms. The van der Waals surface area contributed by atoms with Gasteiger partial charge >= 0.3 is 0 Å². The summed E-state index contributed by atoms with van der Waals surface area (Å²) in [6.07, 6.45) is 4.19. The summed E-state index contributed by atoms with van der Waals surface area (Å²) in [6, 6.07) is 0. The SMILES string of the molecule is CN1CCC(CCC(=O)N2CCCC(=O)C2(C)C)C1. The highest BCUT2D eigenvalue weighted by atomic mass is 16.2. The van der Waals surface area contributed by atoms with Gasteiger partial charge in [0.15, 0.2) is 5.78 Å². The Kier molecular flexibility index (Phi) is 4.29. The monoisotopic (exact) mass is 266 g/mol. The molecule has 4 nitrogen and oxygen atoms in total. The first-order chi connectivity index (χ1) is 8.91. The summed E-state index contributed by atoms with van der Waals surface area (Å²) in [5, 5.41) is 0. The standard InChI is InChI=1S/C15H26N2O2/c1-15(2)13(18)5-4-9-17(15)14(19)7-6-12-8-10-16(3)11-12/h12H,4-11H2,1-3H3. The fraction of sp³-hybridized carbons (Fsp3) is 0.867. The quantitative estimate of drug-likeness (QED) is 0.780. The molecule has 0 radical (unpaired) electrons. The lowest BCUT2D eigenvalue weighted by Gasteiger charge is -2.41. The summed E-state index contributed by atoms with van der Waals surface area (Å²) < 4.78 is 0. The lowest BCUT2D eigenvalue weighted by molar-refractivity contribution is -0.148. The van der Waals surface area contributed by atoms with Crippen molar-refractivity contribution >= 4 is 11.7 Å². The van der Waals surface area contributed by atoms with E-state index in [4.69, 9.17) is 0 Å². The van der Waals surface area contributed by atoms with E-state index < -0.39 is 5.54 Å². The number of piperidine rings is 1. The number of hydrogen-bond acceptors (Lipinski definition) is 3. The van der Waals surface area contributed by atoms with E-state index >= 15 is 0 Å². The Balaban J connectivity index is 1.87. The maximum atomic E-state index is 12.4. The number of amides is 1. The van der Waals surface area contributed by atoms with Gasteiger partial charge in [-0.05, 0) is 52.6 Å². The molecule has 4 heteroatoms. The average molecular weight is 266 g/mol. The maximum Gasteiger partial charge on any atom is 0.223 e. The first kappa shape index (κ1) is 14.5. The van der Waals surface area contributed by atoms with Crippen molar-refractivity contribution in [2.24, 2.45) is 5.92 Å². The molecule has 2 aliphatic rings. The van der Waals surface area contributed by atoms with Gasteiger partial charge in [-0.15, -0.1) is 0 Å². The van der Waals surface area contributed by atoms with Gasteiger partial charge in [-0.1, -0.05) is 0 Å². The second kappa shape index (κ2) is 5.61. The zero-order valence-electron chi connectivity index (χ0n) is 12.4. The summed E-state index contributed by atoms with van der Waals surface area (Å²) >= 11 is 0. The van der Waals surface area contributed by atoms with Gasteiger partial charge in [-0.25, -0.2) is 0 Å². The fourth-order valence-corrected chi connectivity index (χ4v) is 3.29. The predicted octanol–water partition coefficient (Wildman–Crippen LogP) is 1.69. The molecule has 0 aromatic carbocycles. The Morgan fingerprint density at radius 1 is 1.37 bits per heavy atom. The molecule has 0 aliphatic carbocycles. The molecule has 2 heterocycles. The average Bonchev–Trinajstić information content (AvgIpc) is 2.75. The van der Waals surface area contributed by atoms with Gasteiger partial charge in [0.25, 0.3) is 0 Å². The third kappa shape index (κ3) is 3.16. The van der Waals surface area contributed by atoms with Crippen molar-refractivity contribution in [1.29, 1.82) is 0 Å². The van der Waals surface area contributed by atoms with Gasteiger partial charge in [0, 0.05) is 25.9 Å². The van der Waals surface area contributed by atoms with Crippen LogP contribution in [0.25, 0.3) is 0 Å². The van der Waals surface area contributed by atoms with Gasteiger partial charge in [-0.3, -0.25) is 9.59 Å². The normalized spacial score (nSPS) is 27.8. The molecule has 108 valence electrons. The summed E-state index contributed by atoms with van der Waals surface area (Å²) in [6.45, 7) is 6.76. The molecule has 1 amide bonds. The second-order valence-electron chi connectivity index (χ2n) is 6.59. The van der Waals surface area contributed by atoms with E-state index in [1.165, 1.54) is 6.42 Å². The van der Waals surface area contributed by atoms with Crippen molar-refractivity contribution in [2.75, 3.05) is 26.7 Å². The van der Waals surface area contributed by atoms with Crippen LogP contribution in [0.4, 0.5) is 0 Å². The molecule has 2 rings (SSSR count). The van der Waals surface area contributed by atoms with E-state index in [1.54, 1.807) is 4.90 Å². The second-order valence-corrected chi connectivity index (χ2v) is 6.59. The molecule has 2 fully saturated rings. The number of carbonyl (C=O) groups excluding carboxylic acids is 2. The van der Waals surface area contributed by atoms with E-state index in [1.807, 2.05) is 13.8 Å². The van der Waals surface area contributed by atoms with Crippen LogP contribution >= 0.6 is 0 Å². The van der Waals surface area contributed by atoms with E-state index in [9.17, 15) is 9.59 Å². The van der Waals surface area contributed by atoms with E-state index in [-0.39, 0.29) is 11.7 Å². The van der Waals surface area contributed by atoms with Crippen LogP contribution < -0.4 is 0 Å². The molecule has 0 N–H and O–H groups in total. The number of ketones is 1. The lowest BCUT2D eigenvalue weighted by atomic mass is 9.88. The van der Waals surface area contributed by atoms with Crippen LogP contribution in [0.5, 0.6) is 0 Å². The molecule has 19 heavy (non-hydrogen) atoms. The Bertz CT molecular complexity index is 365. The molecule has 2 aliphatic heterocycles. The zero-order valence-corrected chi connectivity index (χ0v) is 12.4. The zero-order chi connectivity index (χ0) is 14.0.